The summed E-state index contributed by atoms with van der Waals surface area (Å²) < 4.78 is 6.47. The van der Waals surface area contributed by atoms with Gasteiger partial charge in [-0.2, -0.15) is 0 Å². The molecule has 46 heavy (non-hydrogen) atoms. The first-order valence-corrected chi connectivity index (χ1v) is 16.5. The van der Waals surface area contributed by atoms with Gasteiger partial charge in [0.1, 0.15) is 11.8 Å². The standard InChI is InChI=1S/C34H32N4O6S2/c1-5-44-33(42)21-12-16-23(17-13-21)38-30(40)27-26(20-10-14-22(15-11-20)36(3)4)29-32(45-28(27)31(38)41)37(34(43)46-29)18-25(39)35-24-9-7-6-8-19(24)2/h6-17,26-28H,5,18H2,1-4H3,(H,35,39). The number of nitrogens with one attached hydrogen (secondary N) is 1. The molecule has 3 unspecified atom stereocenters. The number of carbonyl (C=O) groups is 4. The first-order valence-electron chi connectivity index (χ1n) is 14.8. The van der Waals surface area contributed by atoms with Gasteiger partial charge in [-0.15, -0.1) is 0 Å². The van der Waals surface area contributed by atoms with Crippen molar-refractivity contribution in [3.63, 3.8) is 0 Å². The van der Waals surface area contributed by atoms with Crippen LogP contribution in [0.3, 0.4) is 0 Å². The van der Waals surface area contributed by atoms with Crippen molar-refractivity contribution in [2.75, 3.05) is 35.8 Å². The van der Waals surface area contributed by atoms with Gasteiger partial charge in [-0.1, -0.05) is 53.4 Å². The van der Waals surface area contributed by atoms with E-state index in [1.165, 1.54) is 21.6 Å². The van der Waals surface area contributed by atoms with E-state index in [0.29, 0.717) is 26.8 Å². The minimum atomic E-state index is -0.831. The second-order valence-corrected chi connectivity index (χ2v) is 13.4. The van der Waals surface area contributed by atoms with Crippen molar-refractivity contribution in [3.8, 4) is 0 Å². The third-order valence-corrected chi connectivity index (χ3v) is 10.8. The molecule has 0 bridgehead atoms. The van der Waals surface area contributed by atoms with E-state index < -0.39 is 29.0 Å². The van der Waals surface area contributed by atoms with Gasteiger partial charge in [-0.25, -0.2) is 9.69 Å². The number of ether oxygens (including phenoxy) is 1. The Morgan fingerprint density at radius 2 is 1.63 bits per heavy atom. The zero-order chi connectivity index (χ0) is 32.7. The van der Waals surface area contributed by atoms with Crippen LogP contribution >= 0.6 is 23.1 Å². The van der Waals surface area contributed by atoms with E-state index in [4.69, 9.17) is 4.74 Å². The predicted octanol–water partition coefficient (Wildman–Crippen LogP) is 4.90. The maximum Gasteiger partial charge on any atom is 0.338 e. The van der Waals surface area contributed by atoms with Crippen LogP contribution in [0, 0.1) is 12.8 Å². The smallest absolute Gasteiger partial charge is 0.338 e. The number of imide groups is 1. The van der Waals surface area contributed by atoms with E-state index in [-0.39, 0.29) is 29.8 Å². The normalized spacial score (nSPS) is 18.6. The highest BCUT2D eigenvalue weighted by Gasteiger charge is 2.56. The molecule has 0 radical (unpaired) electrons. The molecule has 236 valence electrons. The van der Waals surface area contributed by atoms with Crippen molar-refractivity contribution < 1.29 is 23.9 Å². The van der Waals surface area contributed by atoms with Gasteiger partial charge in [0.15, 0.2) is 0 Å². The minimum Gasteiger partial charge on any atom is -0.462 e. The average Bonchev–Trinajstić information content (AvgIpc) is 3.48. The number of thioether (sulfide) groups is 1. The summed E-state index contributed by atoms with van der Waals surface area (Å²) in [6, 6.07) is 21.3. The van der Waals surface area contributed by atoms with Crippen LogP contribution in [0.15, 0.2) is 82.6 Å². The number of hydrogen-bond donors (Lipinski definition) is 1. The van der Waals surface area contributed by atoms with Gasteiger partial charge in [0.05, 0.1) is 28.8 Å². The van der Waals surface area contributed by atoms with Crippen LogP contribution in [0.2, 0.25) is 0 Å². The van der Waals surface area contributed by atoms with Gasteiger partial charge < -0.3 is 15.0 Å². The Labute approximate surface area is 274 Å². The first-order chi connectivity index (χ1) is 22.1. The third-order valence-electron chi connectivity index (χ3n) is 8.18. The monoisotopic (exact) mass is 656 g/mol. The largest absolute Gasteiger partial charge is 0.462 e. The quantitative estimate of drug-likeness (QED) is 0.210. The molecule has 3 aromatic carbocycles. The molecule has 3 atom stereocenters. The predicted molar refractivity (Wildman–Crippen MR) is 179 cm³/mol. The molecular formula is C34H32N4O6S2. The number of benzene rings is 3. The highest BCUT2D eigenvalue weighted by atomic mass is 32.2. The molecule has 0 spiro atoms. The fraction of sp³-hybridized carbons (Fsp3) is 0.265. The molecule has 0 saturated carbocycles. The lowest BCUT2D eigenvalue weighted by molar-refractivity contribution is -0.122. The van der Waals surface area contributed by atoms with Gasteiger partial charge in [0.2, 0.25) is 17.7 Å². The molecule has 10 nitrogen and oxygen atoms in total. The number of hydrogen-bond acceptors (Lipinski definition) is 9. The number of esters is 1. The van der Waals surface area contributed by atoms with Crippen LogP contribution in [0.25, 0.3) is 0 Å². The van der Waals surface area contributed by atoms with E-state index in [2.05, 4.69) is 5.32 Å². The second kappa shape index (κ2) is 12.6. The Kier molecular flexibility index (Phi) is 8.58. The van der Waals surface area contributed by atoms with Crippen LogP contribution < -0.4 is 20.0 Å². The summed E-state index contributed by atoms with van der Waals surface area (Å²) in [6.45, 7) is 3.59. The molecule has 1 aromatic heterocycles. The summed E-state index contributed by atoms with van der Waals surface area (Å²) in [5.41, 5.74) is 3.95. The molecule has 1 fully saturated rings. The number of aromatic nitrogens is 1. The molecule has 12 heteroatoms. The van der Waals surface area contributed by atoms with E-state index in [0.717, 1.165) is 39.9 Å². The third kappa shape index (κ3) is 5.62. The Morgan fingerprint density at radius 1 is 0.935 bits per heavy atom. The number of carbonyl (C=O) groups excluding carboxylic acids is 4. The Morgan fingerprint density at radius 3 is 2.28 bits per heavy atom. The Bertz CT molecular complexity index is 1900. The number of rotatable bonds is 8. The van der Waals surface area contributed by atoms with Crippen LogP contribution in [-0.4, -0.2) is 54.2 Å². The number of anilines is 3. The number of nitrogens with zero attached hydrogens (tertiary/aromatic N) is 3. The average molecular weight is 657 g/mol. The van der Waals surface area contributed by atoms with E-state index in [9.17, 15) is 24.0 Å². The number of aryl methyl sites for hydroxylation is 1. The zero-order valence-electron chi connectivity index (χ0n) is 25.7. The molecule has 6 rings (SSSR count). The Hall–Kier alpha value is -4.68. The lowest BCUT2D eigenvalue weighted by Crippen LogP contribution is -2.33. The maximum atomic E-state index is 14.2. The topological polar surface area (TPSA) is 118 Å². The first kappa shape index (κ1) is 31.3. The van der Waals surface area contributed by atoms with Crippen molar-refractivity contribution in [1.29, 1.82) is 0 Å². The summed E-state index contributed by atoms with van der Waals surface area (Å²) in [6.07, 6.45) is 0. The summed E-state index contributed by atoms with van der Waals surface area (Å²) in [4.78, 5) is 70.5. The molecule has 1 saturated heterocycles. The molecule has 3 amide bonds. The van der Waals surface area contributed by atoms with Crippen LogP contribution in [0.5, 0.6) is 0 Å². The molecule has 0 aliphatic carbocycles. The van der Waals surface area contributed by atoms with Crippen LogP contribution in [0.4, 0.5) is 17.1 Å². The van der Waals surface area contributed by atoms with E-state index >= 15 is 0 Å². The van der Waals surface area contributed by atoms with Crippen molar-refractivity contribution >= 4 is 63.9 Å². The lowest BCUT2D eigenvalue weighted by atomic mass is 9.83. The molecule has 2 aliphatic heterocycles. The minimum absolute atomic E-state index is 0.226. The van der Waals surface area contributed by atoms with Gasteiger partial charge in [-0.05, 0) is 67.4 Å². The number of fused-ring (bicyclic) bond motifs is 2. The molecular weight excluding hydrogens is 625 g/mol. The molecule has 3 heterocycles. The van der Waals surface area contributed by atoms with Crippen molar-refractivity contribution in [2.24, 2.45) is 5.92 Å². The summed E-state index contributed by atoms with van der Waals surface area (Å²) >= 11 is 2.16. The number of amides is 3. The lowest BCUT2D eigenvalue weighted by Gasteiger charge is -2.31. The van der Waals surface area contributed by atoms with E-state index in [1.54, 1.807) is 25.1 Å². The van der Waals surface area contributed by atoms with Gasteiger partial charge >= 0.3 is 10.8 Å². The highest BCUT2D eigenvalue weighted by molar-refractivity contribution is 8.00. The molecule has 1 N–H and O–H groups in total. The van der Waals surface area contributed by atoms with Gasteiger partial charge in [0.25, 0.3) is 0 Å². The molecule has 4 aromatic rings. The fourth-order valence-corrected chi connectivity index (χ4v) is 8.63. The van der Waals surface area contributed by atoms with Crippen molar-refractivity contribution in [2.45, 2.75) is 36.6 Å². The van der Waals surface area contributed by atoms with Gasteiger partial charge in [0, 0.05) is 36.3 Å². The van der Waals surface area contributed by atoms with Crippen molar-refractivity contribution in [1.82, 2.24) is 4.57 Å². The highest BCUT2D eigenvalue weighted by Crippen LogP contribution is 2.54. The van der Waals surface area contributed by atoms with Crippen LogP contribution in [-0.2, 0) is 25.7 Å². The number of para-hydroxylation sites is 1. The van der Waals surface area contributed by atoms with Crippen LogP contribution in [0.1, 0.15) is 39.2 Å². The van der Waals surface area contributed by atoms with E-state index in [1.807, 2.05) is 68.4 Å². The summed E-state index contributed by atoms with van der Waals surface area (Å²) in [5, 5.41) is 2.57. The fourth-order valence-electron chi connectivity index (χ4n) is 5.86. The molecule has 2 aliphatic rings. The summed E-state index contributed by atoms with van der Waals surface area (Å²) in [5.74, 6) is -3.04. The Balaban J connectivity index is 1.39. The van der Waals surface area contributed by atoms with Crippen molar-refractivity contribution in [3.05, 3.63) is 104 Å². The summed E-state index contributed by atoms with van der Waals surface area (Å²) in [7, 11) is 3.86. The zero-order valence-corrected chi connectivity index (χ0v) is 27.3. The van der Waals surface area contributed by atoms with Gasteiger partial charge in [-0.3, -0.25) is 23.7 Å². The SMILES string of the molecule is CCOC(=O)c1ccc(N2C(=O)C3Sc4c(sc(=O)n4CC(=O)Nc4ccccc4C)C(c4ccc(N(C)C)cc4)C3C2=O)cc1. The number of thiazole rings is 1. The second-order valence-electron chi connectivity index (χ2n) is 11.3. The maximum absolute atomic E-state index is 14.2.